The standard InChI is InChI=1S/C20H22FN5OS/c1-13-8-9-18(10-14(13)2)26-20(22-23-24-26)28-15(3)19(27)25(4)12-16-6-5-7-17(21)11-16/h5-11,15H,12H2,1-4H3/t15-/m0/s1. The number of amides is 1. The fraction of sp³-hybridized carbons (Fsp3) is 0.300. The van der Waals surface area contributed by atoms with Crippen molar-refractivity contribution in [2.24, 2.45) is 0 Å². The van der Waals surface area contributed by atoms with E-state index in [4.69, 9.17) is 0 Å². The maximum Gasteiger partial charge on any atom is 0.235 e. The first-order valence-electron chi connectivity index (χ1n) is 8.87. The number of tetrazole rings is 1. The number of hydrogen-bond acceptors (Lipinski definition) is 5. The summed E-state index contributed by atoms with van der Waals surface area (Å²) >= 11 is 1.29. The van der Waals surface area contributed by atoms with Crippen LogP contribution in [0.1, 0.15) is 23.6 Å². The molecule has 0 bridgehead atoms. The van der Waals surface area contributed by atoms with E-state index in [9.17, 15) is 9.18 Å². The maximum absolute atomic E-state index is 13.4. The summed E-state index contributed by atoms with van der Waals surface area (Å²) in [5.41, 5.74) is 3.92. The number of thioether (sulfide) groups is 1. The van der Waals surface area contributed by atoms with Crippen LogP contribution in [0.4, 0.5) is 4.39 Å². The first-order valence-corrected chi connectivity index (χ1v) is 9.75. The molecule has 1 amide bonds. The van der Waals surface area contributed by atoms with E-state index in [-0.39, 0.29) is 11.7 Å². The molecule has 6 nitrogen and oxygen atoms in total. The number of aromatic nitrogens is 4. The number of carbonyl (C=O) groups excluding carboxylic acids is 1. The van der Waals surface area contributed by atoms with Crippen molar-refractivity contribution in [1.29, 1.82) is 0 Å². The Labute approximate surface area is 167 Å². The third-order valence-corrected chi connectivity index (χ3v) is 5.51. The van der Waals surface area contributed by atoms with Crippen LogP contribution in [0.3, 0.4) is 0 Å². The van der Waals surface area contributed by atoms with Gasteiger partial charge in [-0.1, -0.05) is 30.0 Å². The van der Waals surface area contributed by atoms with Gasteiger partial charge in [-0.3, -0.25) is 4.79 Å². The first-order chi connectivity index (χ1) is 13.3. The van der Waals surface area contributed by atoms with Crippen LogP contribution >= 0.6 is 11.8 Å². The second-order valence-electron chi connectivity index (χ2n) is 6.73. The van der Waals surface area contributed by atoms with Gasteiger partial charge >= 0.3 is 0 Å². The number of hydrogen-bond donors (Lipinski definition) is 0. The lowest BCUT2D eigenvalue weighted by Gasteiger charge is -2.21. The third-order valence-electron chi connectivity index (χ3n) is 4.49. The van der Waals surface area contributed by atoms with Gasteiger partial charge in [0.1, 0.15) is 5.82 Å². The van der Waals surface area contributed by atoms with Gasteiger partial charge in [0.15, 0.2) is 0 Å². The Bertz CT molecular complexity index is 990. The van der Waals surface area contributed by atoms with Crippen LogP contribution in [-0.4, -0.2) is 43.3 Å². The Hall–Kier alpha value is -2.74. The number of carbonyl (C=O) groups is 1. The Kier molecular flexibility index (Phi) is 6.08. The van der Waals surface area contributed by atoms with E-state index in [1.54, 1.807) is 28.8 Å². The minimum absolute atomic E-state index is 0.0797. The summed E-state index contributed by atoms with van der Waals surface area (Å²) in [4.78, 5) is 14.3. The van der Waals surface area contributed by atoms with E-state index >= 15 is 0 Å². The maximum atomic E-state index is 13.4. The van der Waals surface area contributed by atoms with Gasteiger partial charge in [-0.15, -0.1) is 5.10 Å². The number of aryl methyl sites for hydroxylation is 2. The fourth-order valence-corrected chi connectivity index (χ4v) is 3.70. The van der Waals surface area contributed by atoms with E-state index in [2.05, 4.69) is 15.5 Å². The molecule has 0 fully saturated rings. The predicted octanol–water partition coefficient (Wildman–Crippen LogP) is 3.56. The number of rotatable bonds is 6. The first kappa shape index (κ1) is 20.0. The highest BCUT2D eigenvalue weighted by atomic mass is 32.2. The van der Waals surface area contributed by atoms with Gasteiger partial charge in [-0.05, 0) is 72.2 Å². The molecule has 3 aromatic rings. The van der Waals surface area contributed by atoms with E-state index in [1.165, 1.54) is 29.5 Å². The summed E-state index contributed by atoms with van der Waals surface area (Å²) in [5, 5.41) is 12.0. The molecule has 0 saturated heterocycles. The van der Waals surface area contributed by atoms with Gasteiger partial charge in [0.2, 0.25) is 11.1 Å². The summed E-state index contributed by atoms with van der Waals surface area (Å²) in [7, 11) is 1.70. The lowest BCUT2D eigenvalue weighted by molar-refractivity contribution is -0.129. The summed E-state index contributed by atoms with van der Waals surface area (Å²) in [6.07, 6.45) is 0. The predicted molar refractivity (Wildman–Crippen MR) is 107 cm³/mol. The van der Waals surface area contributed by atoms with Crippen molar-refractivity contribution in [2.45, 2.75) is 37.7 Å². The van der Waals surface area contributed by atoms with Crippen molar-refractivity contribution < 1.29 is 9.18 Å². The normalized spacial score (nSPS) is 12.0. The van der Waals surface area contributed by atoms with E-state index in [1.807, 2.05) is 39.0 Å². The van der Waals surface area contributed by atoms with Crippen LogP contribution in [-0.2, 0) is 11.3 Å². The van der Waals surface area contributed by atoms with E-state index in [0.29, 0.717) is 11.7 Å². The Morgan fingerprint density at radius 3 is 2.71 bits per heavy atom. The zero-order chi connectivity index (χ0) is 20.3. The quantitative estimate of drug-likeness (QED) is 0.593. The fourth-order valence-electron chi connectivity index (χ4n) is 2.78. The molecule has 3 rings (SSSR count). The Morgan fingerprint density at radius 2 is 2.00 bits per heavy atom. The van der Waals surface area contributed by atoms with Crippen molar-refractivity contribution in [3.8, 4) is 5.69 Å². The topological polar surface area (TPSA) is 63.9 Å². The van der Waals surface area contributed by atoms with Gasteiger partial charge < -0.3 is 4.90 Å². The molecule has 0 aliphatic rings. The molecule has 1 heterocycles. The second-order valence-corrected chi connectivity index (χ2v) is 8.03. The molecule has 146 valence electrons. The molecule has 0 radical (unpaired) electrons. The number of benzene rings is 2. The van der Waals surface area contributed by atoms with Gasteiger partial charge in [-0.2, -0.15) is 4.68 Å². The molecule has 1 aromatic heterocycles. The van der Waals surface area contributed by atoms with E-state index < -0.39 is 5.25 Å². The molecular formula is C20H22FN5OS. The molecule has 0 aliphatic heterocycles. The highest BCUT2D eigenvalue weighted by Gasteiger charge is 2.22. The highest BCUT2D eigenvalue weighted by Crippen LogP contribution is 2.25. The van der Waals surface area contributed by atoms with Gasteiger partial charge in [-0.25, -0.2) is 4.39 Å². The van der Waals surface area contributed by atoms with Crippen LogP contribution in [0.25, 0.3) is 5.69 Å². The van der Waals surface area contributed by atoms with Crippen molar-refractivity contribution in [3.05, 3.63) is 65.0 Å². The number of nitrogens with zero attached hydrogens (tertiary/aromatic N) is 5. The second kappa shape index (κ2) is 8.52. The molecule has 0 aliphatic carbocycles. The molecular weight excluding hydrogens is 377 g/mol. The van der Waals surface area contributed by atoms with Crippen molar-refractivity contribution in [2.75, 3.05) is 7.05 Å². The van der Waals surface area contributed by atoms with Crippen molar-refractivity contribution >= 4 is 17.7 Å². The SMILES string of the molecule is Cc1ccc(-n2nnnc2S[C@@H](C)C(=O)N(C)Cc2cccc(F)c2)cc1C. The van der Waals surface area contributed by atoms with Crippen LogP contribution in [0, 0.1) is 19.7 Å². The zero-order valence-corrected chi connectivity index (χ0v) is 17.1. The van der Waals surface area contributed by atoms with Gasteiger partial charge in [0.25, 0.3) is 0 Å². The average molecular weight is 399 g/mol. The van der Waals surface area contributed by atoms with Crippen LogP contribution in [0.2, 0.25) is 0 Å². The third kappa shape index (κ3) is 4.56. The Balaban J connectivity index is 1.71. The summed E-state index contributed by atoms with van der Waals surface area (Å²) in [5.74, 6) is -0.391. The molecule has 1 atom stereocenters. The summed E-state index contributed by atoms with van der Waals surface area (Å²) in [6.45, 7) is 6.23. The van der Waals surface area contributed by atoms with Crippen LogP contribution in [0.5, 0.6) is 0 Å². The van der Waals surface area contributed by atoms with Crippen LogP contribution in [0.15, 0.2) is 47.6 Å². The lowest BCUT2D eigenvalue weighted by atomic mass is 10.1. The smallest absolute Gasteiger partial charge is 0.235 e. The minimum atomic E-state index is -0.394. The molecule has 0 saturated carbocycles. The summed E-state index contributed by atoms with van der Waals surface area (Å²) in [6, 6.07) is 12.2. The molecule has 0 spiro atoms. The van der Waals surface area contributed by atoms with Crippen LogP contribution < -0.4 is 0 Å². The molecule has 28 heavy (non-hydrogen) atoms. The summed E-state index contributed by atoms with van der Waals surface area (Å²) < 4.78 is 15.0. The van der Waals surface area contributed by atoms with Gasteiger partial charge in [0, 0.05) is 13.6 Å². The lowest BCUT2D eigenvalue weighted by Crippen LogP contribution is -2.33. The molecule has 0 unspecified atom stereocenters. The molecule has 2 aromatic carbocycles. The number of halogens is 1. The monoisotopic (exact) mass is 399 g/mol. The van der Waals surface area contributed by atoms with Crippen molar-refractivity contribution in [3.63, 3.8) is 0 Å². The van der Waals surface area contributed by atoms with Gasteiger partial charge in [0.05, 0.1) is 10.9 Å². The Morgan fingerprint density at radius 1 is 1.21 bits per heavy atom. The molecule has 0 N–H and O–H groups in total. The minimum Gasteiger partial charge on any atom is -0.340 e. The van der Waals surface area contributed by atoms with Crippen molar-refractivity contribution in [1.82, 2.24) is 25.1 Å². The highest BCUT2D eigenvalue weighted by molar-refractivity contribution is 8.00. The van der Waals surface area contributed by atoms with E-state index in [0.717, 1.165) is 16.8 Å². The average Bonchev–Trinajstić information content (AvgIpc) is 3.11. The molecule has 8 heteroatoms. The zero-order valence-electron chi connectivity index (χ0n) is 16.3. The largest absolute Gasteiger partial charge is 0.340 e.